The third-order valence-corrected chi connectivity index (χ3v) is 2.64. The van der Waals surface area contributed by atoms with Crippen LogP contribution in [0, 0.1) is 0 Å². The molecule has 1 aromatic rings. The summed E-state index contributed by atoms with van der Waals surface area (Å²) in [6, 6.07) is 10.4. The van der Waals surface area contributed by atoms with Crippen LogP contribution in [0.1, 0.15) is 11.6 Å². The number of benzene rings is 1. The van der Waals surface area contributed by atoms with Crippen LogP contribution in [0.15, 0.2) is 30.3 Å². The number of hydrogen-bond acceptors (Lipinski definition) is 3. The van der Waals surface area contributed by atoms with E-state index in [1.807, 2.05) is 32.3 Å². The molecule has 1 atom stereocenters. The molecule has 0 aliphatic carbocycles. The third kappa shape index (κ3) is 7.38. The molecule has 1 aromatic carbocycles. The molecule has 2 N–H and O–H groups in total. The lowest BCUT2D eigenvalue weighted by Crippen LogP contribution is -2.38. The maximum absolute atomic E-state index is 11.4. The minimum Gasteiger partial charge on any atom is -0.353 e. The molecule has 0 aromatic heterocycles. The summed E-state index contributed by atoms with van der Waals surface area (Å²) in [5.74, 6) is 0.0234. The van der Waals surface area contributed by atoms with Crippen molar-refractivity contribution >= 4 is 30.7 Å². The van der Waals surface area contributed by atoms with Crippen LogP contribution < -0.4 is 10.6 Å². The molecule has 1 rings (SSSR count). The zero-order valence-corrected chi connectivity index (χ0v) is 13.2. The third-order valence-electron chi connectivity index (χ3n) is 2.64. The zero-order valence-electron chi connectivity index (χ0n) is 11.6. The second kappa shape index (κ2) is 11.1. The van der Waals surface area contributed by atoms with Crippen LogP contribution in [0.4, 0.5) is 0 Å². The van der Waals surface area contributed by atoms with Gasteiger partial charge in [0.1, 0.15) is 0 Å². The van der Waals surface area contributed by atoms with Gasteiger partial charge in [-0.1, -0.05) is 30.3 Å². The second-order valence-electron chi connectivity index (χ2n) is 4.22. The van der Waals surface area contributed by atoms with Crippen LogP contribution in [0.3, 0.4) is 0 Å². The maximum Gasteiger partial charge on any atom is 0.234 e. The monoisotopic (exact) mass is 307 g/mol. The van der Waals surface area contributed by atoms with Crippen molar-refractivity contribution in [3.8, 4) is 0 Å². The molecular formula is C13H23Cl2N3O. The highest BCUT2D eigenvalue weighted by molar-refractivity contribution is 5.85. The first-order valence-electron chi connectivity index (χ1n) is 5.78. The Kier molecular flexibility index (Phi) is 11.9. The van der Waals surface area contributed by atoms with Crippen LogP contribution in [0.25, 0.3) is 0 Å². The van der Waals surface area contributed by atoms with Gasteiger partial charge in [-0.3, -0.25) is 4.79 Å². The fraction of sp³-hybridized carbons (Fsp3) is 0.462. The van der Waals surface area contributed by atoms with E-state index in [0.29, 0.717) is 13.1 Å². The Morgan fingerprint density at radius 1 is 1.21 bits per heavy atom. The van der Waals surface area contributed by atoms with Crippen molar-refractivity contribution in [1.82, 2.24) is 15.5 Å². The number of amides is 1. The molecule has 0 aliphatic rings. The average molecular weight is 308 g/mol. The van der Waals surface area contributed by atoms with Crippen molar-refractivity contribution in [2.45, 2.75) is 6.04 Å². The number of nitrogens with zero attached hydrogens (tertiary/aromatic N) is 1. The fourth-order valence-corrected chi connectivity index (χ4v) is 1.71. The van der Waals surface area contributed by atoms with Gasteiger partial charge in [0.05, 0.1) is 12.6 Å². The number of nitrogens with one attached hydrogen (secondary N) is 2. The van der Waals surface area contributed by atoms with Crippen LogP contribution in [-0.2, 0) is 4.79 Å². The summed E-state index contributed by atoms with van der Waals surface area (Å²) in [6.07, 6.45) is 0. The van der Waals surface area contributed by atoms with Crippen molar-refractivity contribution in [1.29, 1.82) is 0 Å². The molecule has 19 heavy (non-hydrogen) atoms. The Hall–Kier alpha value is -0.810. The van der Waals surface area contributed by atoms with E-state index < -0.39 is 0 Å². The van der Waals surface area contributed by atoms with Gasteiger partial charge in [0.25, 0.3) is 0 Å². The second-order valence-corrected chi connectivity index (χ2v) is 4.22. The fourth-order valence-electron chi connectivity index (χ4n) is 1.71. The van der Waals surface area contributed by atoms with Gasteiger partial charge in [0, 0.05) is 6.54 Å². The van der Waals surface area contributed by atoms with Gasteiger partial charge in [0.15, 0.2) is 0 Å². The molecular weight excluding hydrogens is 285 g/mol. The molecule has 0 aliphatic heterocycles. The highest BCUT2D eigenvalue weighted by atomic mass is 35.5. The standard InChI is InChI=1S/C13H21N3O.2ClH/c1-14-10-13(17)15-9-12(16(2)3)11-7-5-4-6-8-11;;/h4-8,12,14H,9-10H2,1-3H3,(H,15,17);2*1H. The van der Waals surface area contributed by atoms with Crippen molar-refractivity contribution in [2.24, 2.45) is 0 Å². The van der Waals surface area contributed by atoms with Crippen molar-refractivity contribution in [2.75, 3.05) is 34.2 Å². The number of carbonyl (C=O) groups excluding carboxylic acids is 1. The first-order chi connectivity index (χ1) is 8.15. The smallest absolute Gasteiger partial charge is 0.234 e. The number of likely N-dealkylation sites (N-methyl/N-ethyl adjacent to an activating group) is 2. The SMILES string of the molecule is CNCC(=O)NCC(c1ccccc1)N(C)C.Cl.Cl. The summed E-state index contributed by atoms with van der Waals surface area (Å²) < 4.78 is 0. The molecule has 0 saturated carbocycles. The molecule has 110 valence electrons. The van der Waals surface area contributed by atoms with Crippen molar-refractivity contribution < 1.29 is 4.79 Å². The highest BCUT2D eigenvalue weighted by Crippen LogP contribution is 2.16. The average Bonchev–Trinajstić information content (AvgIpc) is 2.30. The topological polar surface area (TPSA) is 44.4 Å². The molecule has 1 amide bonds. The Morgan fingerprint density at radius 2 is 1.79 bits per heavy atom. The summed E-state index contributed by atoms with van der Waals surface area (Å²) in [4.78, 5) is 13.5. The molecule has 0 heterocycles. The van der Waals surface area contributed by atoms with E-state index in [9.17, 15) is 4.79 Å². The van der Waals surface area contributed by atoms with Crippen LogP contribution >= 0.6 is 24.8 Å². The Bertz CT molecular complexity index is 347. The van der Waals surface area contributed by atoms with Gasteiger partial charge in [-0.25, -0.2) is 0 Å². The van der Waals surface area contributed by atoms with Gasteiger partial charge in [0.2, 0.25) is 5.91 Å². The summed E-state index contributed by atoms with van der Waals surface area (Å²) in [6.45, 7) is 0.979. The minimum absolute atomic E-state index is 0. The Balaban J connectivity index is 0. The normalized spacial score (nSPS) is 11.2. The number of rotatable bonds is 6. The van der Waals surface area contributed by atoms with E-state index in [4.69, 9.17) is 0 Å². The number of halogens is 2. The predicted molar refractivity (Wildman–Crippen MR) is 84.3 cm³/mol. The van der Waals surface area contributed by atoms with E-state index >= 15 is 0 Å². The van der Waals surface area contributed by atoms with Gasteiger partial charge in [-0.2, -0.15) is 0 Å². The number of hydrogen-bond donors (Lipinski definition) is 2. The highest BCUT2D eigenvalue weighted by Gasteiger charge is 2.14. The lowest BCUT2D eigenvalue weighted by Gasteiger charge is -2.25. The Morgan fingerprint density at radius 3 is 2.26 bits per heavy atom. The molecule has 4 nitrogen and oxygen atoms in total. The van der Waals surface area contributed by atoms with Crippen molar-refractivity contribution in [3.63, 3.8) is 0 Å². The van der Waals surface area contributed by atoms with Gasteiger partial charge >= 0.3 is 0 Å². The molecule has 0 radical (unpaired) electrons. The van der Waals surface area contributed by atoms with E-state index in [1.165, 1.54) is 5.56 Å². The molecule has 0 bridgehead atoms. The molecule has 1 unspecified atom stereocenters. The number of carbonyl (C=O) groups is 1. The summed E-state index contributed by atoms with van der Waals surface area (Å²) >= 11 is 0. The lowest BCUT2D eigenvalue weighted by atomic mass is 10.1. The maximum atomic E-state index is 11.4. The van der Waals surface area contributed by atoms with Gasteiger partial charge in [-0.05, 0) is 26.7 Å². The van der Waals surface area contributed by atoms with Crippen LogP contribution in [0.5, 0.6) is 0 Å². The molecule has 0 fully saturated rings. The Labute approximate surface area is 127 Å². The summed E-state index contributed by atoms with van der Waals surface area (Å²) in [5, 5.41) is 5.75. The van der Waals surface area contributed by atoms with Gasteiger partial charge in [-0.15, -0.1) is 24.8 Å². The van der Waals surface area contributed by atoms with E-state index in [2.05, 4.69) is 27.7 Å². The molecule has 0 saturated heterocycles. The lowest BCUT2D eigenvalue weighted by molar-refractivity contribution is -0.120. The largest absolute Gasteiger partial charge is 0.353 e. The zero-order chi connectivity index (χ0) is 12.7. The molecule has 0 spiro atoms. The van der Waals surface area contributed by atoms with Crippen LogP contribution in [0.2, 0.25) is 0 Å². The van der Waals surface area contributed by atoms with E-state index in [-0.39, 0.29) is 36.8 Å². The predicted octanol–water partition coefficient (Wildman–Crippen LogP) is 1.47. The molecule has 6 heteroatoms. The first kappa shape index (κ1) is 20.5. The first-order valence-corrected chi connectivity index (χ1v) is 5.78. The summed E-state index contributed by atoms with van der Waals surface area (Å²) in [5.41, 5.74) is 1.21. The van der Waals surface area contributed by atoms with Gasteiger partial charge < -0.3 is 15.5 Å². The minimum atomic E-state index is 0. The summed E-state index contributed by atoms with van der Waals surface area (Å²) in [7, 11) is 5.80. The van der Waals surface area contributed by atoms with Crippen molar-refractivity contribution in [3.05, 3.63) is 35.9 Å². The quantitative estimate of drug-likeness (QED) is 0.836. The van der Waals surface area contributed by atoms with E-state index in [0.717, 1.165) is 0 Å². The van der Waals surface area contributed by atoms with E-state index in [1.54, 1.807) is 7.05 Å². The van der Waals surface area contributed by atoms with Crippen LogP contribution in [-0.4, -0.2) is 45.0 Å².